The Morgan fingerprint density at radius 3 is 2.18 bits per heavy atom. The van der Waals surface area contributed by atoms with E-state index in [9.17, 15) is 15.3 Å². The molecule has 3 rings (SSSR count). The molecule has 2 aromatic carbocycles. The van der Waals surface area contributed by atoms with Crippen LogP contribution in [0.2, 0.25) is 0 Å². The van der Waals surface area contributed by atoms with Gasteiger partial charge in [0.15, 0.2) is 0 Å². The number of aliphatic hydroxyl groups excluding tert-OH is 3. The van der Waals surface area contributed by atoms with Crippen molar-refractivity contribution in [3.63, 3.8) is 0 Å². The number of hydrogen-bond acceptors (Lipinski definition) is 3. The Morgan fingerprint density at radius 2 is 1.45 bits per heavy atom. The number of para-hydroxylation sites is 1. The molecular formula is C18H21NO3. The van der Waals surface area contributed by atoms with E-state index < -0.39 is 0 Å². The number of benzene rings is 2. The first-order valence-electron chi connectivity index (χ1n) is 7.66. The molecule has 0 saturated carbocycles. The van der Waals surface area contributed by atoms with Crippen molar-refractivity contribution in [1.29, 1.82) is 0 Å². The maximum absolute atomic E-state index is 9.44. The highest BCUT2D eigenvalue weighted by Gasteiger charge is 2.16. The van der Waals surface area contributed by atoms with Gasteiger partial charge in [-0.05, 0) is 30.0 Å². The Morgan fingerprint density at radius 1 is 0.773 bits per heavy atom. The second-order valence-electron chi connectivity index (χ2n) is 5.45. The van der Waals surface area contributed by atoms with Gasteiger partial charge in [0, 0.05) is 36.0 Å². The summed E-state index contributed by atoms with van der Waals surface area (Å²) in [5.74, 6) is 0. The van der Waals surface area contributed by atoms with Gasteiger partial charge in [-0.2, -0.15) is 0 Å². The van der Waals surface area contributed by atoms with Gasteiger partial charge in [-0.3, -0.25) is 0 Å². The van der Waals surface area contributed by atoms with Crippen molar-refractivity contribution in [3.05, 3.63) is 47.5 Å². The Balaban J connectivity index is 2.43. The zero-order chi connectivity index (χ0) is 15.5. The Hall–Kier alpha value is -1.88. The molecule has 3 aromatic rings. The summed E-state index contributed by atoms with van der Waals surface area (Å²) in [5.41, 5.74) is 4.32. The molecule has 0 atom stereocenters. The minimum atomic E-state index is 0.0660. The quantitative estimate of drug-likeness (QED) is 0.651. The first-order valence-corrected chi connectivity index (χ1v) is 7.66. The van der Waals surface area contributed by atoms with E-state index in [0.29, 0.717) is 19.4 Å². The zero-order valence-electron chi connectivity index (χ0n) is 12.5. The topological polar surface area (TPSA) is 65.6 Å². The van der Waals surface area contributed by atoms with E-state index in [0.717, 1.165) is 32.9 Å². The highest BCUT2D eigenvalue weighted by Crippen LogP contribution is 2.34. The lowest BCUT2D eigenvalue weighted by molar-refractivity contribution is 0.279. The minimum absolute atomic E-state index is 0.0660. The molecule has 116 valence electrons. The summed E-state index contributed by atoms with van der Waals surface area (Å²) in [4.78, 5) is 0. The van der Waals surface area contributed by atoms with Crippen LogP contribution in [0, 0.1) is 0 Å². The molecule has 0 fully saturated rings. The van der Waals surface area contributed by atoms with E-state index in [1.54, 1.807) is 0 Å². The Kier molecular flexibility index (Phi) is 4.43. The van der Waals surface area contributed by atoms with Crippen LogP contribution in [0.25, 0.3) is 21.8 Å². The smallest absolute Gasteiger partial charge is 0.0610 e. The second kappa shape index (κ2) is 6.48. The normalized spacial score (nSPS) is 11.6. The highest BCUT2D eigenvalue weighted by molar-refractivity contribution is 6.10. The second-order valence-corrected chi connectivity index (χ2v) is 5.45. The van der Waals surface area contributed by atoms with Crippen LogP contribution < -0.4 is 0 Å². The zero-order valence-corrected chi connectivity index (χ0v) is 12.5. The highest BCUT2D eigenvalue weighted by atomic mass is 16.3. The number of fused-ring (bicyclic) bond motifs is 3. The molecule has 0 bridgehead atoms. The number of nitrogens with zero attached hydrogens (tertiary/aromatic N) is 1. The van der Waals surface area contributed by atoms with Gasteiger partial charge in [-0.1, -0.05) is 30.3 Å². The van der Waals surface area contributed by atoms with Crippen LogP contribution in [-0.4, -0.2) is 39.7 Å². The van der Waals surface area contributed by atoms with Gasteiger partial charge >= 0.3 is 0 Å². The molecule has 4 heteroatoms. The number of aliphatic hydroxyl groups is 3. The summed E-state index contributed by atoms with van der Waals surface area (Å²) in [5, 5.41) is 30.4. The molecule has 1 aromatic heterocycles. The lowest BCUT2D eigenvalue weighted by Gasteiger charge is -2.11. The maximum atomic E-state index is 9.44. The third-order valence-corrected chi connectivity index (χ3v) is 4.17. The van der Waals surface area contributed by atoms with Crippen molar-refractivity contribution in [1.82, 2.24) is 4.57 Å². The number of rotatable bonds is 6. The van der Waals surface area contributed by atoms with Gasteiger partial charge < -0.3 is 19.9 Å². The minimum Gasteiger partial charge on any atom is -0.396 e. The summed E-state index contributed by atoms with van der Waals surface area (Å²) in [6.45, 7) is 0.782. The van der Waals surface area contributed by atoms with Crippen molar-refractivity contribution < 1.29 is 15.3 Å². The third kappa shape index (κ3) is 2.39. The van der Waals surface area contributed by atoms with Crippen molar-refractivity contribution >= 4 is 21.8 Å². The monoisotopic (exact) mass is 299 g/mol. The molecule has 0 amide bonds. The largest absolute Gasteiger partial charge is 0.396 e. The molecule has 0 saturated heterocycles. The molecular weight excluding hydrogens is 278 g/mol. The Bertz CT molecular complexity index is 792. The standard InChI is InChI=1S/C18H21NO3/c20-10-7-13-5-6-14(8-11-21)18-17(13)15-3-1-2-4-16(15)19(18)9-12-22/h1-6,20-22H,7-12H2. The molecule has 0 aliphatic carbocycles. The summed E-state index contributed by atoms with van der Waals surface area (Å²) in [6.07, 6.45) is 1.18. The van der Waals surface area contributed by atoms with E-state index in [1.807, 2.05) is 24.3 Å². The van der Waals surface area contributed by atoms with Crippen LogP contribution >= 0.6 is 0 Å². The third-order valence-electron chi connectivity index (χ3n) is 4.17. The van der Waals surface area contributed by atoms with Gasteiger partial charge in [0.1, 0.15) is 0 Å². The molecule has 1 heterocycles. The summed E-state index contributed by atoms with van der Waals surface area (Å²) in [6, 6.07) is 12.2. The van der Waals surface area contributed by atoms with E-state index in [2.05, 4.69) is 16.7 Å². The van der Waals surface area contributed by atoms with E-state index in [-0.39, 0.29) is 19.8 Å². The van der Waals surface area contributed by atoms with Gasteiger partial charge in [0.25, 0.3) is 0 Å². The molecule has 4 nitrogen and oxygen atoms in total. The predicted octanol–water partition coefficient (Wildman–Crippen LogP) is 1.86. The van der Waals surface area contributed by atoms with Crippen molar-refractivity contribution in [3.8, 4) is 0 Å². The maximum Gasteiger partial charge on any atom is 0.0610 e. The van der Waals surface area contributed by atoms with Crippen LogP contribution in [0.5, 0.6) is 0 Å². The van der Waals surface area contributed by atoms with Crippen LogP contribution in [0.1, 0.15) is 11.1 Å². The number of aromatic nitrogens is 1. The van der Waals surface area contributed by atoms with Crippen molar-refractivity contribution in [2.45, 2.75) is 19.4 Å². The molecule has 22 heavy (non-hydrogen) atoms. The van der Waals surface area contributed by atoms with Gasteiger partial charge in [-0.25, -0.2) is 0 Å². The van der Waals surface area contributed by atoms with E-state index in [1.165, 1.54) is 0 Å². The average molecular weight is 299 g/mol. The van der Waals surface area contributed by atoms with E-state index >= 15 is 0 Å². The van der Waals surface area contributed by atoms with Crippen molar-refractivity contribution in [2.24, 2.45) is 0 Å². The van der Waals surface area contributed by atoms with Crippen LogP contribution in [-0.2, 0) is 19.4 Å². The summed E-state index contributed by atoms with van der Waals surface area (Å²) >= 11 is 0. The summed E-state index contributed by atoms with van der Waals surface area (Å²) < 4.78 is 2.12. The van der Waals surface area contributed by atoms with Gasteiger partial charge in [0.05, 0.1) is 12.1 Å². The van der Waals surface area contributed by atoms with Crippen LogP contribution in [0.4, 0.5) is 0 Å². The molecule has 0 spiro atoms. The first-order chi connectivity index (χ1) is 10.8. The lowest BCUT2D eigenvalue weighted by Crippen LogP contribution is -2.05. The number of hydrogen-bond donors (Lipinski definition) is 3. The van der Waals surface area contributed by atoms with Gasteiger partial charge in [0.2, 0.25) is 0 Å². The summed E-state index contributed by atoms with van der Waals surface area (Å²) in [7, 11) is 0. The van der Waals surface area contributed by atoms with Crippen molar-refractivity contribution in [2.75, 3.05) is 19.8 Å². The van der Waals surface area contributed by atoms with Gasteiger partial charge in [-0.15, -0.1) is 0 Å². The molecule has 0 aliphatic rings. The molecule has 0 aliphatic heterocycles. The molecule has 0 radical (unpaired) electrons. The fourth-order valence-electron chi connectivity index (χ4n) is 3.31. The lowest BCUT2D eigenvalue weighted by atomic mass is 9.99. The molecule has 3 N–H and O–H groups in total. The SMILES string of the molecule is OCCc1ccc(CCO)c2c1c1ccccc1n2CCO. The predicted molar refractivity (Wildman–Crippen MR) is 88.1 cm³/mol. The average Bonchev–Trinajstić information content (AvgIpc) is 2.86. The van der Waals surface area contributed by atoms with E-state index in [4.69, 9.17) is 0 Å². The Labute approximate surface area is 129 Å². The fraction of sp³-hybridized carbons (Fsp3) is 0.333. The molecule has 0 unspecified atom stereocenters. The fourth-order valence-corrected chi connectivity index (χ4v) is 3.31. The van der Waals surface area contributed by atoms with Crippen LogP contribution in [0.15, 0.2) is 36.4 Å². The van der Waals surface area contributed by atoms with Crippen LogP contribution in [0.3, 0.4) is 0 Å². The first kappa shape index (κ1) is 15.0.